The fourth-order valence-corrected chi connectivity index (χ4v) is 3.51. The number of nitrogens with zero attached hydrogens (tertiary/aromatic N) is 1. The van der Waals surface area contributed by atoms with Crippen LogP contribution in [0.1, 0.15) is 29.6 Å². The molecule has 0 aliphatic carbocycles. The van der Waals surface area contributed by atoms with Gasteiger partial charge in [-0.25, -0.2) is 0 Å². The molecule has 2 amide bonds. The Kier molecular flexibility index (Phi) is 5.61. The molecule has 0 atom stereocenters. The minimum atomic E-state index is -0.654. The Morgan fingerprint density at radius 1 is 1.12 bits per heavy atom. The number of carbonyl (C=O) groups is 2. The Morgan fingerprint density at radius 2 is 1.88 bits per heavy atom. The maximum absolute atomic E-state index is 12.6. The van der Waals surface area contributed by atoms with E-state index in [0.717, 1.165) is 12.8 Å². The quantitative estimate of drug-likeness (QED) is 0.686. The number of aromatic hydroxyl groups is 1. The number of benzene rings is 2. The molecule has 2 aromatic carbocycles. The number of nitrogens with one attached hydrogen (secondary N) is 1. The van der Waals surface area contributed by atoms with Crippen LogP contribution in [0.5, 0.6) is 5.75 Å². The molecule has 2 N–H and O–H groups in total. The first-order valence-corrected chi connectivity index (χ1v) is 9.10. The van der Waals surface area contributed by atoms with Gasteiger partial charge in [0.25, 0.3) is 5.91 Å². The van der Waals surface area contributed by atoms with Crippen LogP contribution in [0.25, 0.3) is 0 Å². The van der Waals surface area contributed by atoms with Gasteiger partial charge in [0, 0.05) is 24.3 Å². The molecular weight excluding hydrogens is 399 g/mol. The molecule has 1 aliphatic heterocycles. The van der Waals surface area contributed by atoms with Gasteiger partial charge in [0.1, 0.15) is 11.3 Å². The minimum absolute atomic E-state index is 0.0574. The zero-order chi connectivity index (χ0) is 18.8. The molecule has 8 heteroatoms. The lowest BCUT2D eigenvalue weighted by atomic mass is 10.1. The molecule has 1 saturated heterocycles. The van der Waals surface area contributed by atoms with Gasteiger partial charge in [-0.3, -0.25) is 9.59 Å². The highest BCUT2D eigenvalue weighted by atomic mass is 35.5. The molecule has 0 bridgehead atoms. The highest BCUT2D eigenvalue weighted by Gasteiger charge is 2.23. The lowest BCUT2D eigenvalue weighted by molar-refractivity contribution is -0.119. The van der Waals surface area contributed by atoms with E-state index in [4.69, 9.17) is 34.8 Å². The zero-order valence-corrected chi connectivity index (χ0v) is 15.8. The van der Waals surface area contributed by atoms with Crippen LogP contribution in [0.2, 0.25) is 15.1 Å². The van der Waals surface area contributed by atoms with Crippen LogP contribution in [0, 0.1) is 0 Å². The van der Waals surface area contributed by atoms with E-state index in [0.29, 0.717) is 24.3 Å². The van der Waals surface area contributed by atoms with Crippen molar-refractivity contribution in [1.29, 1.82) is 0 Å². The van der Waals surface area contributed by atoms with Gasteiger partial charge in [-0.2, -0.15) is 0 Å². The number of piperidine rings is 1. The van der Waals surface area contributed by atoms with Crippen molar-refractivity contribution in [3.05, 3.63) is 51.0 Å². The first-order valence-electron chi connectivity index (χ1n) is 7.96. The average molecular weight is 414 g/mol. The largest absolute Gasteiger partial charge is 0.505 e. The number of carbonyl (C=O) groups excluding carboxylic acids is 2. The van der Waals surface area contributed by atoms with Crippen LogP contribution in [-0.2, 0) is 4.79 Å². The van der Waals surface area contributed by atoms with Crippen molar-refractivity contribution in [2.24, 2.45) is 0 Å². The third-order valence-corrected chi connectivity index (χ3v) is 5.19. The first-order chi connectivity index (χ1) is 12.4. The van der Waals surface area contributed by atoms with Crippen LogP contribution in [0.4, 0.5) is 11.4 Å². The second kappa shape index (κ2) is 7.74. The van der Waals surface area contributed by atoms with Gasteiger partial charge in [-0.15, -0.1) is 0 Å². The average Bonchev–Trinajstić information content (AvgIpc) is 2.61. The van der Waals surface area contributed by atoms with Crippen molar-refractivity contribution in [2.75, 3.05) is 16.8 Å². The smallest absolute Gasteiger partial charge is 0.261 e. The number of rotatable bonds is 3. The summed E-state index contributed by atoms with van der Waals surface area (Å²) in [6.45, 7) is 0.646. The first kappa shape index (κ1) is 18.8. The van der Waals surface area contributed by atoms with E-state index in [2.05, 4.69) is 5.32 Å². The minimum Gasteiger partial charge on any atom is -0.505 e. The summed E-state index contributed by atoms with van der Waals surface area (Å²) in [4.78, 5) is 26.3. The molecule has 0 saturated carbocycles. The van der Waals surface area contributed by atoms with Crippen molar-refractivity contribution < 1.29 is 14.7 Å². The predicted octanol–water partition coefficient (Wildman–Crippen LogP) is 5.12. The normalized spacial score (nSPS) is 14.4. The van der Waals surface area contributed by atoms with Crippen molar-refractivity contribution in [2.45, 2.75) is 19.3 Å². The van der Waals surface area contributed by atoms with Crippen molar-refractivity contribution in [3.63, 3.8) is 0 Å². The van der Waals surface area contributed by atoms with E-state index in [1.54, 1.807) is 29.2 Å². The molecule has 136 valence electrons. The van der Waals surface area contributed by atoms with Crippen LogP contribution in [0.3, 0.4) is 0 Å². The maximum atomic E-state index is 12.6. The Hall–Kier alpha value is -1.95. The summed E-state index contributed by atoms with van der Waals surface area (Å²) in [6.07, 6.45) is 2.34. The lowest BCUT2D eigenvalue weighted by Crippen LogP contribution is -2.35. The third kappa shape index (κ3) is 3.75. The molecule has 0 aromatic heterocycles. The number of hydrogen-bond acceptors (Lipinski definition) is 3. The second-order valence-corrected chi connectivity index (χ2v) is 7.08. The fraction of sp³-hybridized carbons (Fsp3) is 0.222. The molecule has 1 aliphatic rings. The van der Waals surface area contributed by atoms with Gasteiger partial charge in [0.2, 0.25) is 5.91 Å². The topological polar surface area (TPSA) is 69.6 Å². The van der Waals surface area contributed by atoms with Gasteiger partial charge in [0.15, 0.2) is 0 Å². The van der Waals surface area contributed by atoms with Crippen LogP contribution < -0.4 is 10.2 Å². The van der Waals surface area contributed by atoms with E-state index in [1.165, 1.54) is 6.07 Å². The van der Waals surface area contributed by atoms with E-state index >= 15 is 0 Å². The summed E-state index contributed by atoms with van der Waals surface area (Å²) in [5.74, 6) is -1.04. The summed E-state index contributed by atoms with van der Waals surface area (Å²) in [5.41, 5.74) is 0.952. The molecule has 26 heavy (non-hydrogen) atoms. The van der Waals surface area contributed by atoms with E-state index in [9.17, 15) is 14.7 Å². The SMILES string of the molecule is O=C(Nc1cccc(N2CCCCC2=O)c1)c1c(O)c(Cl)cc(Cl)c1Cl. The zero-order valence-electron chi connectivity index (χ0n) is 13.6. The van der Waals surface area contributed by atoms with Crippen LogP contribution in [-0.4, -0.2) is 23.5 Å². The van der Waals surface area contributed by atoms with Crippen molar-refractivity contribution in [1.82, 2.24) is 0 Å². The Labute approximate surface area is 165 Å². The third-order valence-electron chi connectivity index (χ3n) is 4.11. The lowest BCUT2D eigenvalue weighted by Gasteiger charge is -2.27. The Morgan fingerprint density at radius 3 is 2.62 bits per heavy atom. The van der Waals surface area contributed by atoms with Gasteiger partial charge < -0.3 is 15.3 Å². The van der Waals surface area contributed by atoms with E-state index in [-0.39, 0.29) is 26.5 Å². The van der Waals surface area contributed by atoms with Crippen LogP contribution in [0.15, 0.2) is 30.3 Å². The standard InChI is InChI=1S/C18H15Cl3N2O3/c19-12-9-13(20)17(25)15(16(12)21)18(26)22-10-4-3-5-11(8-10)23-7-2-1-6-14(23)24/h3-5,8-9,25H,1-2,6-7H2,(H,22,26). The number of hydrogen-bond donors (Lipinski definition) is 2. The molecule has 0 radical (unpaired) electrons. The Bertz CT molecular complexity index is 860. The summed E-state index contributed by atoms with van der Waals surface area (Å²) in [6, 6.07) is 8.17. The number of phenolic OH excluding ortho intramolecular Hbond substituents is 1. The van der Waals surface area contributed by atoms with Crippen molar-refractivity contribution in [3.8, 4) is 5.75 Å². The maximum Gasteiger partial charge on any atom is 0.261 e. The van der Waals surface area contributed by atoms with Gasteiger partial charge in [0.05, 0.1) is 15.1 Å². The molecule has 5 nitrogen and oxygen atoms in total. The molecular formula is C18H15Cl3N2O3. The predicted molar refractivity (Wildman–Crippen MR) is 104 cm³/mol. The van der Waals surface area contributed by atoms with E-state index in [1.807, 2.05) is 0 Å². The number of halogens is 3. The van der Waals surface area contributed by atoms with Crippen LogP contribution >= 0.6 is 34.8 Å². The highest BCUT2D eigenvalue weighted by Crippen LogP contribution is 2.38. The van der Waals surface area contributed by atoms with E-state index < -0.39 is 11.7 Å². The second-order valence-electron chi connectivity index (χ2n) is 5.88. The number of amides is 2. The summed E-state index contributed by atoms with van der Waals surface area (Å²) >= 11 is 17.8. The number of anilines is 2. The number of phenols is 1. The molecule has 3 rings (SSSR count). The summed E-state index contributed by atoms with van der Waals surface area (Å²) in [5, 5.41) is 12.6. The molecule has 0 unspecified atom stereocenters. The summed E-state index contributed by atoms with van der Waals surface area (Å²) in [7, 11) is 0. The monoisotopic (exact) mass is 412 g/mol. The molecule has 1 heterocycles. The highest BCUT2D eigenvalue weighted by molar-refractivity contribution is 6.46. The molecule has 2 aromatic rings. The van der Waals surface area contributed by atoms with Gasteiger partial charge >= 0.3 is 0 Å². The molecule has 0 spiro atoms. The van der Waals surface area contributed by atoms with Gasteiger partial charge in [-0.1, -0.05) is 40.9 Å². The summed E-state index contributed by atoms with van der Waals surface area (Å²) < 4.78 is 0. The molecule has 1 fully saturated rings. The van der Waals surface area contributed by atoms with Crippen molar-refractivity contribution >= 4 is 58.0 Å². The van der Waals surface area contributed by atoms with Gasteiger partial charge in [-0.05, 0) is 37.1 Å². The Balaban J connectivity index is 1.87. The fourth-order valence-electron chi connectivity index (χ4n) is 2.82.